The molecule has 0 spiro atoms. The van der Waals surface area contributed by atoms with Gasteiger partial charge in [0.05, 0.1) is 5.69 Å². The van der Waals surface area contributed by atoms with E-state index >= 15 is 0 Å². The van der Waals surface area contributed by atoms with Crippen LogP contribution in [0.1, 0.15) is 11.6 Å². The summed E-state index contributed by atoms with van der Waals surface area (Å²) in [5.74, 6) is -0.841. The van der Waals surface area contributed by atoms with Gasteiger partial charge in [0.1, 0.15) is 12.2 Å². The molecule has 0 aliphatic carbocycles. The van der Waals surface area contributed by atoms with Crippen LogP contribution >= 0.6 is 0 Å². The highest BCUT2D eigenvalue weighted by Crippen LogP contribution is 2.04. The fraction of sp³-hybridized carbons (Fsp3) is 0.167. The zero-order valence-electron chi connectivity index (χ0n) is 5.07. The van der Waals surface area contributed by atoms with Crippen molar-refractivity contribution in [2.45, 2.75) is 5.92 Å². The van der Waals surface area contributed by atoms with E-state index in [1.54, 1.807) is 18.5 Å². The number of aromatic amines is 1. The molecule has 1 heterocycles. The second kappa shape index (κ2) is 2.91. The minimum Gasteiger partial charge on any atom is -0.302 e. The lowest BCUT2D eigenvalue weighted by atomic mass is 10.1. The van der Waals surface area contributed by atoms with Gasteiger partial charge in [0.25, 0.3) is 0 Å². The van der Waals surface area contributed by atoms with Gasteiger partial charge in [0.15, 0.2) is 0 Å². The molecule has 1 unspecified atom stereocenters. The van der Waals surface area contributed by atoms with Gasteiger partial charge in [-0.2, -0.15) is 5.10 Å². The summed E-state index contributed by atoms with van der Waals surface area (Å²) >= 11 is 0. The second-order valence-electron chi connectivity index (χ2n) is 1.73. The van der Waals surface area contributed by atoms with Crippen LogP contribution in [-0.4, -0.2) is 22.8 Å². The van der Waals surface area contributed by atoms with Crippen LogP contribution in [0.5, 0.6) is 0 Å². The topological polar surface area (TPSA) is 62.8 Å². The maximum atomic E-state index is 10.1. The Morgan fingerprint density at radius 3 is 3.00 bits per heavy atom. The van der Waals surface area contributed by atoms with E-state index in [-0.39, 0.29) is 0 Å². The third-order valence-electron chi connectivity index (χ3n) is 1.10. The lowest BCUT2D eigenvalue weighted by Crippen LogP contribution is -2.01. The van der Waals surface area contributed by atoms with E-state index in [2.05, 4.69) is 10.2 Å². The van der Waals surface area contributed by atoms with Crippen molar-refractivity contribution in [3.63, 3.8) is 0 Å². The predicted molar refractivity (Wildman–Crippen MR) is 33.1 cm³/mol. The molecule has 1 aromatic heterocycles. The minimum atomic E-state index is -0.841. The molecule has 1 atom stereocenters. The molecule has 4 nitrogen and oxygen atoms in total. The first-order valence-electron chi connectivity index (χ1n) is 2.71. The maximum Gasteiger partial charge on any atom is 0.215 e. The summed E-state index contributed by atoms with van der Waals surface area (Å²) in [5.41, 5.74) is 0.407. The molecular weight excluding hydrogens is 132 g/mol. The smallest absolute Gasteiger partial charge is 0.215 e. The van der Waals surface area contributed by atoms with Crippen molar-refractivity contribution in [1.29, 1.82) is 0 Å². The largest absolute Gasteiger partial charge is 0.302 e. The van der Waals surface area contributed by atoms with Crippen molar-refractivity contribution in [3.05, 3.63) is 18.0 Å². The van der Waals surface area contributed by atoms with E-state index in [0.717, 1.165) is 0 Å². The third kappa shape index (κ3) is 1.10. The van der Waals surface area contributed by atoms with Gasteiger partial charge in [0, 0.05) is 6.20 Å². The molecule has 0 saturated carbocycles. The van der Waals surface area contributed by atoms with Crippen LogP contribution < -0.4 is 0 Å². The fourth-order valence-electron chi connectivity index (χ4n) is 0.603. The molecule has 0 aromatic carbocycles. The molecule has 10 heavy (non-hydrogen) atoms. The monoisotopic (exact) mass is 137 g/mol. The number of nitrogens with zero attached hydrogens (tertiary/aromatic N) is 1. The summed E-state index contributed by atoms with van der Waals surface area (Å²) in [7, 11) is 0. The summed E-state index contributed by atoms with van der Waals surface area (Å²) in [6, 6.07) is 1.56. The average molecular weight is 137 g/mol. The van der Waals surface area contributed by atoms with Crippen LogP contribution in [0, 0.1) is 0 Å². The molecule has 0 saturated heterocycles. The third-order valence-corrected chi connectivity index (χ3v) is 1.10. The molecule has 51 valence electrons. The van der Waals surface area contributed by atoms with E-state index in [1.165, 1.54) is 0 Å². The molecule has 0 bridgehead atoms. The summed E-state index contributed by atoms with van der Waals surface area (Å²) in [6.07, 6.45) is 3.60. The number of aromatic nitrogens is 2. The van der Waals surface area contributed by atoms with E-state index in [0.29, 0.717) is 12.0 Å². The van der Waals surface area contributed by atoms with Gasteiger partial charge in [-0.1, -0.05) is 0 Å². The van der Waals surface area contributed by atoms with E-state index in [9.17, 15) is 9.59 Å². The molecule has 0 aliphatic rings. The van der Waals surface area contributed by atoms with Crippen molar-refractivity contribution in [2.24, 2.45) is 0 Å². The summed E-state index contributed by atoms with van der Waals surface area (Å²) in [4.78, 5) is 20.1. The molecule has 0 fully saturated rings. The summed E-state index contributed by atoms with van der Waals surface area (Å²) in [6.45, 7) is 0. The van der Waals surface area contributed by atoms with Gasteiger partial charge in [-0.3, -0.25) is 9.89 Å². The molecule has 4 heteroatoms. The Kier molecular flexibility index (Phi) is 1.94. The molecule has 1 N–H and O–H groups in total. The van der Waals surface area contributed by atoms with Gasteiger partial charge in [0.2, 0.25) is 6.29 Å². The van der Waals surface area contributed by atoms with Crippen molar-refractivity contribution >= 4 is 12.6 Å². The molecule has 0 amide bonds. The number of H-pyrrole nitrogens is 1. The van der Waals surface area contributed by atoms with Crippen LogP contribution in [0.15, 0.2) is 12.3 Å². The highest BCUT2D eigenvalue weighted by Gasteiger charge is 2.10. The van der Waals surface area contributed by atoms with E-state index in [4.69, 9.17) is 0 Å². The van der Waals surface area contributed by atoms with Crippen LogP contribution in [0.3, 0.4) is 0 Å². The number of nitrogens with one attached hydrogen (secondary N) is 1. The molecule has 1 radical (unpaired) electrons. The normalized spacial score (nSPS) is 9.70. The van der Waals surface area contributed by atoms with Crippen molar-refractivity contribution < 1.29 is 9.59 Å². The van der Waals surface area contributed by atoms with Gasteiger partial charge < -0.3 is 4.79 Å². The molecule has 0 aliphatic heterocycles. The maximum absolute atomic E-state index is 10.1. The number of aldehydes is 1. The van der Waals surface area contributed by atoms with Crippen LogP contribution in [-0.2, 0) is 9.59 Å². The Morgan fingerprint density at radius 2 is 2.60 bits per heavy atom. The highest BCUT2D eigenvalue weighted by molar-refractivity contribution is 5.84. The first kappa shape index (κ1) is 6.67. The first-order valence-corrected chi connectivity index (χ1v) is 2.71. The van der Waals surface area contributed by atoms with Gasteiger partial charge in [-0.15, -0.1) is 0 Å². The summed E-state index contributed by atoms with van der Waals surface area (Å²) < 4.78 is 0. The van der Waals surface area contributed by atoms with Crippen molar-refractivity contribution in [2.75, 3.05) is 0 Å². The Labute approximate surface area is 57.2 Å². The Balaban J connectivity index is 2.82. The van der Waals surface area contributed by atoms with Gasteiger partial charge in [-0.05, 0) is 6.07 Å². The number of rotatable bonds is 3. The molecular formula is C6H5N2O2. The SMILES string of the molecule is O=[C]C(C=O)c1cc[nH]n1. The van der Waals surface area contributed by atoms with Crippen LogP contribution in [0.25, 0.3) is 0 Å². The highest BCUT2D eigenvalue weighted by atomic mass is 16.1. The fourth-order valence-corrected chi connectivity index (χ4v) is 0.603. The van der Waals surface area contributed by atoms with Gasteiger partial charge in [-0.25, -0.2) is 0 Å². The van der Waals surface area contributed by atoms with Gasteiger partial charge >= 0.3 is 0 Å². The zero-order chi connectivity index (χ0) is 7.40. The number of hydrogen-bond donors (Lipinski definition) is 1. The Bertz CT molecular complexity index is 210. The first-order chi connectivity index (χ1) is 4.88. The van der Waals surface area contributed by atoms with Crippen LogP contribution in [0.2, 0.25) is 0 Å². The van der Waals surface area contributed by atoms with Crippen LogP contribution in [0.4, 0.5) is 0 Å². The Morgan fingerprint density at radius 1 is 1.80 bits per heavy atom. The quantitative estimate of drug-likeness (QED) is 0.463. The molecule has 1 rings (SSSR count). The van der Waals surface area contributed by atoms with Crippen molar-refractivity contribution in [3.8, 4) is 0 Å². The standard InChI is InChI=1S/C6H5N2O2/c9-3-5(4-10)6-1-2-7-8-6/h1-3,5H,(H,7,8). The Hall–Kier alpha value is -1.45. The lowest BCUT2D eigenvalue weighted by Gasteiger charge is -1.90. The summed E-state index contributed by atoms with van der Waals surface area (Å²) in [5, 5.41) is 6.13. The van der Waals surface area contributed by atoms with Crippen molar-refractivity contribution in [1.82, 2.24) is 10.2 Å². The number of carbonyl (C=O) groups excluding carboxylic acids is 2. The number of carbonyl (C=O) groups is 1. The minimum absolute atomic E-state index is 0.407. The molecule has 1 aromatic rings. The zero-order valence-corrected chi connectivity index (χ0v) is 5.07. The predicted octanol–water partition coefficient (Wildman–Crippen LogP) is -0.198. The number of hydrogen-bond acceptors (Lipinski definition) is 3. The lowest BCUT2D eigenvalue weighted by molar-refractivity contribution is -0.107. The second-order valence-corrected chi connectivity index (χ2v) is 1.73. The van der Waals surface area contributed by atoms with E-state index in [1.807, 2.05) is 0 Å². The average Bonchev–Trinajstić information content (AvgIpc) is 2.43. The van der Waals surface area contributed by atoms with E-state index < -0.39 is 5.92 Å².